The van der Waals surface area contributed by atoms with Crippen LogP contribution in [-0.2, 0) is 4.79 Å². The molecular weight excluding hydrogens is 428 g/mol. The molecule has 0 unspecified atom stereocenters. The maximum absolute atomic E-state index is 11.9. The highest BCUT2D eigenvalue weighted by Crippen LogP contribution is 2.25. The average Bonchev–Trinajstić information content (AvgIpc) is 3.18. The number of nitrogens with zero attached hydrogens (tertiary/aromatic N) is 6. The van der Waals surface area contributed by atoms with Crippen molar-refractivity contribution in [3.8, 4) is 0 Å². The van der Waals surface area contributed by atoms with Gasteiger partial charge in [0.15, 0.2) is 0 Å². The van der Waals surface area contributed by atoms with Crippen molar-refractivity contribution in [2.45, 2.75) is 45.6 Å². The van der Waals surface area contributed by atoms with Gasteiger partial charge in [0.2, 0.25) is 11.9 Å². The Balaban J connectivity index is 1.26. The maximum Gasteiger partial charge on any atom is 0.229 e. The van der Waals surface area contributed by atoms with Crippen molar-refractivity contribution in [2.75, 3.05) is 49.9 Å². The van der Waals surface area contributed by atoms with E-state index in [2.05, 4.69) is 44.4 Å². The van der Waals surface area contributed by atoms with E-state index in [1.165, 1.54) is 0 Å². The summed E-state index contributed by atoms with van der Waals surface area (Å²) in [5.41, 5.74) is 0.851. The molecule has 2 aliphatic rings. The summed E-state index contributed by atoms with van der Waals surface area (Å²) in [6.45, 7) is 10.0. The van der Waals surface area contributed by atoms with Crippen molar-refractivity contribution in [1.82, 2.24) is 29.5 Å². The molecule has 0 bridgehead atoms. The second-order valence-corrected chi connectivity index (χ2v) is 9.52. The molecule has 0 radical (unpaired) electrons. The number of carbonyl (C=O) groups is 1. The van der Waals surface area contributed by atoms with Crippen LogP contribution >= 0.6 is 11.6 Å². The number of hydrogen-bond donors (Lipinski definition) is 2. The zero-order valence-electron chi connectivity index (χ0n) is 18.9. The van der Waals surface area contributed by atoms with E-state index in [0.29, 0.717) is 41.7 Å². The molecule has 9 nitrogen and oxygen atoms in total. The van der Waals surface area contributed by atoms with E-state index in [1.807, 2.05) is 15.8 Å². The van der Waals surface area contributed by atoms with Gasteiger partial charge in [-0.2, -0.15) is 10.1 Å². The van der Waals surface area contributed by atoms with Gasteiger partial charge >= 0.3 is 0 Å². The molecule has 0 aromatic carbocycles. The van der Waals surface area contributed by atoms with Crippen LogP contribution in [0.4, 0.5) is 17.5 Å². The van der Waals surface area contributed by atoms with Crippen LogP contribution in [0.25, 0.3) is 0 Å². The molecule has 2 aromatic heterocycles. The Morgan fingerprint density at radius 3 is 2.88 bits per heavy atom. The molecule has 0 atom stereocenters. The quantitative estimate of drug-likeness (QED) is 0.525. The van der Waals surface area contributed by atoms with E-state index in [1.54, 1.807) is 12.4 Å². The molecular formula is C22H33ClN8O. The standard InChI is InChI=1S/C22H33ClN8O/c1-16(2)12-29-14-18(15-29)31-13-17(10-26-31)27-22-25-11-19(23)21(28-22)24-7-5-9-30-8-4-3-6-20(30)32/h10-11,13,16,18H,3-9,12,14-15H2,1-2H3,(H2,24,25,27,28). The number of rotatable bonds is 10. The lowest BCUT2D eigenvalue weighted by Crippen LogP contribution is -2.49. The van der Waals surface area contributed by atoms with Crippen LogP contribution in [0.15, 0.2) is 18.6 Å². The fourth-order valence-corrected chi connectivity index (χ4v) is 4.39. The predicted molar refractivity (Wildman–Crippen MR) is 126 cm³/mol. The van der Waals surface area contributed by atoms with Gasteiger partial charge in [-0.05, 0) is 25.2 Å². The van der Waals surface area contributed by atoms with Gasteiger partial charge in [-0.3, -0.25) is 14.4 Å². The van der Waals surface area contributed by atoms with E-state index >= 15 is 0 Å². The second kappa shape index (κ2) is 10.5. The topological polar surface area (TPSA) is 91.2 Å². The lowest BCUT2D eigenvalue weighted by molar-refractivity contribution is -0.133. The number of amides is 1. The number of carbonyl (C=O) groups excluding carboxylic acids is 1. The maximum atomic E-state index is 11.9. The number of likely N-dealkylation sites (tertiary alicyclic amines) is 2. The van der Waals surface area contributed by atoms with Crippen molar-refractivity contribution in [3.63, 3.8) is 0 Å². The molecule has 2 saturated heterocycles. The summed E-state index contributed by atoms with van der Waals surface area (Å²) in [5, 5.41) is 11.5. The number of halogens is 1. The largest absolute Gasteiger partial charge is 0.369 e. The SMILES string of the molecule is CC(C)CN1CC(n2cc(Nc3ncc(Cl)c(NCCCN4CCCCC4=O)n3)cn2)C1. The minimum atomic E-state index is 0.262. The third-order valence-corrected chi connectivity index (χ3v) is 6.13. The van der Waals surface area contributed by atoms with Crippen LogP contribution in [0.5, 0.6) is 0 Å². The predicted octanol–water partition coefficient (Wildman–Crippen LogP) is 3.40. The van der Waals surface area contributed by atoms with E-state index < -0.39 is 0 Å². The summed E-state index contributed by atoms with van der Waals surface area (Å²) in [5.74, 6) is 2.00. The Labute approximate surface area is 194 Å². The van der Waals surface area contributed by atoms with Crippen LogP contribution in [0, 0.1) is 5.92 Å². The van der Waals surface area contributed by atoms with Crippen LogP contribution in [0.2, 0.25) is 5.02 Å². The van der Waals surface area contributed by atoms with Gasteiger partial charge in [-0.15, -0.1) is 0 Å². The van der Waals surface area contributed by atoms with E-state index in [4.69, 9.17) is 11.6 Å². The molecule has 0 aliphatic carbocycles. The van der Waals surface area contributed by atoms with Gasteiger partial charge in [-0.25, -0.2) is 4.98 Å². The van der Waals surface area contributed by atoms with Crippen molar-refractivity contribution < 1.29 is 4.79 Å². The van der Waals surface area contributed by atoms with Crippen LogP contribution in [0.3, 0.4) is 0 Å². The molecule has 0 saturated carbocycles. The molecule has 32 heavy (non-hydrogen) atoms. The monoisotopic (exact) mass is 460 g/mol. The molecule has 0 spiro atoms. The fraction of sp³-hybridized carbons (Fsp3) is 0.636. The second-order valence-electron chi connectivity index (χ2n) is 9.11. The lowest BCUT2D eigenvalue weighted by atomic mass is 10.1. The first-order valence-corrected chi connectivity index (χ1v) is 11.9. The van der Waals surface area contributed by atoms with Crippen molar-refractivity contribution in [3.05, 3.63) is 23.6 Å². The van der Waals surface area contributed by atoms with Gasteiger partial charge in [0.1, 0.15) is 10.8 Å². The van der Waals surface area contributed by atoms with Crippen molar-refractivity contribution in [1.29, 1.82) is 0 Å². The Bertz CT molecular complexity index is 911. The third-order valence-electron chi connectivity index (χ3n) is 5.86. The summed E-state index contributed by atoms with van der Waals surface area (Å²) in [7, 11) is 0. The van der Waals surface area contributed by atoms with E-state index in [-0.39, 0.29) is 5.91 Å². The van der Waals surface area contributed by atoms with Crippen molar-refractivity contribution >= 4 is 35.0 Å². The summed E-state index contributed by atoms with van der Waals surface area (Å²) < 4.78 is 2.01. The van der Waals surface area contributed by atoms with Crippen molar-refractivity contribution in [2.24, 2.45) is 5.92 Å². The zero-order chi connectivity index (χ0) is 22.5. The first-order chi connectivity index (χ1) is 15.5. The fourth-order valence-electron chi connectivity index (χ4n) is 4.23. The van der Waals surface area contributed by atoms with E-state index in [9.17, 15) is 4.79 Å². The third kappa shape index (κ3) is 5.89. The molecule has 2 aromatic rings. The van der Waals surface area contributed by atoms with Crippen LogP contribution in [0.1, 0.15) is 45.6 Å². The molecule has 2 fully saturated rings. The first kappa shape index (κ1) is 22.8. The Hall–Kier alpha value is -2.39. The van der Waals surface area contributed by atoms with Gasteiger partial charge in [0, 0.05) is 51.9 Å². The molecule has 1 amide bonds. The number of hydrogen-bond acceptors (Lipinski definition) is 7. The summed E-state index contributed by atoms with van der Waals surface area (Å²) in [4.78, 5) is 25.1. The molecule has 4 rings (SSSR count). The molecule has 10 heteroatoms. The Kier molecular flexibility index (Phi) is 7.47. The minimum Gasteiger partial charge on any atom is -0.369 e. The van der Waals surface area contributed by atoms with Gasteiger partial charge in [0.25, 0.3) is 0 Å². The highest BCUT2D eigenvalue weighted by Gasteiger charge is 2.28. The van der Waals surface area contributed by atoms with E-state index in [0.717, 1.165) is 57.7 Å². The molecule has 4 heterocycles. The smallest absolute Gasteiger partial charge is 0.229 e. The van der Waals surface area contributed by atoms with Gasteiger partial charge in [0.05, 0.1) is 24.1 Å². The number of nitrogens with one attached hydrogen (secondary N) is 2. The highest BCUT2D eigenvalue weighted by molar-refractivity contribution is 6.32. The Morgan fingerprint density at radius 1 is 1.25 bits per heavy atom. The van der Waals surface area contributed by atoms with Crippen LogP contribution < -0.4 is 10.6 Å². The van der Waals surface area contributed by atoms with Crippen LogP contribution in [-0.4, -0.2) is 74.7 Å². The summed E-state index contributed by atoms with van der Waals surface area (Å²) in [6, 6.07) is 0.416. The molecule has 2 N–H and O–H groups in total. The van der Waals surface area contributed by atoms with Gasteiger partial charge in [-0.1, -0.05) is 25.4 Å². The van der Waals surface area contributed by atoms with Gasteiger partial charge < -0.3 is 15.5 Å². The highest BCUT2D eigenvalue weighted by atomic mass is 35.5. The Morgan fingerprint density at radius 2 is 2.09 bits per heavy atom. The lowest BCUT2D eigenvalue weighted by Gasteiger charge is -2.40. The number of aromatic nitrogens is 4. The zero-order valence-corrected chi connectivity index (χ0v) is 19.7. The minimum absolute atomic E-state index is 0.262. The summed E-state index contributed by atoms with van der Waals surface area (Å²) >= 11 is 6.27. The average molecular weight is 461 g/mol. The number of piperidine rings is 1. The number of anilines is 3. The normalized spacial score (nSPS) is 17.6. The molecule has 174 valence electrons. The molecule has 2 aliphatic heterocycles. The summed E-state index contributed by atoms with van der Waals surface area (Å²) in [6.07, 6.45) is 9.01. The first-order valence-electron chi connectivity index (χ1n) is 11.6.